The molecular weight excluding hydrogens is 464 g/mol. The third-order valence-corrected chi connectivity index (χ3v) is 8.37. The molecular formula is C36H64O2. The topological polar surface area (TPSA) is 37.3 Å². The van der Waals surface area contributed by atoms with Crippen molar-refractivity contribution in [2.75, 3.05) is 0 Å². The van der Waals surface area contributed by atoms with Crippen LogP contribution in [0.5, 0.6) is 0 Å². The van der Waals surface area contributed by atoms with Gasteiger partial charge in [-0.2, -0.15) is 0 Å². The SMILES string of the molecule is CCCCCCCCCCCCC(CCCCCCCCCCCCCCCCc1ccccc1)C(=O)O. The Bertz CT molecular complexity index is 611. The van der Waals surface area contributed by atoms with Crippen LogP contribution in [0.1, 0.15) is 179 Å². The Morgan fingerprint density at radius 2 is 0.868 bits per heavy atom. The van der Waals surface area contributed by atoms with Crippen LogP contribution in [-0.4, -0.2) is 11.1 Å². The summed E-state index contributed by atoms with van der Waals surface area (Å²) in [6.07, 6.45) is 35.0. The van der Waals surface area contributed by atoms with Crippen LogP contribution in [0.3, 0.4) is 0 Å². The molecule has 1 unspecified atom stereocenters. The lowest BCUT2D eigenvalue weighted by Crippen LogP contribution is -2.13. The average Bonchev–Trinajstić information content (AvgIpc) is 2.93. The summed E-state index contributed by atoms with van der Waals surface area (Å²) in [4.78, 5) is 11.6. The highest BCUT2D eigenvalue weighted by atomic mass is 16.4. The maximum atomic E-state index is 11.6. The highest BCUT2D eigenvalue weighted by Gasteiger charge is 2.16. The molecule has 1 aromatic rings. The normalized spacial score (nSPS) is 12.1. The minimum atomic E-state index is -0.562. The van der Waals surface area contributed by atoms with Crippen LogP contribution < -0.4 is 0 Å². The highest BCUT2D eigenvalue weighted by Crippen LogP contribution is 2.20. The maximum absolute atomic E-state index is 11.6. The molecule has 1 atom stereocenters. The summed E-state index contributed by atoms with van der Waals surface area (Å²) in [6.45, 7) is 2.27. The average molecular weight is 529 g/mol. The van der Waals surface area contributed by atoms with Crippen molar-refractivity contribution in [2.24, 2.45) is 5.92 Å². The summed E-state index contributed by atoms with van der Waals surface area (Å²) >= 11 is 0. The van der Waals surface area contributed by atoms with Crippen LogP contribution >= 0.6 is 0 Å². The molecule has 0 aliphatic heterocycles. The summed E-state index contributed by atoms with van der Waals surface area (Å²) in [5, 5.41) is 9.58. The Morgan fingerprint density at radius 1 is 0.526 bits per heavy atom. The first kappa shape index (κ1) is 34.7. The highest BCUT2D eigenvalue weighted by molar-refractivity contribution is 5.69. The van der Waals surface area contributed by atoms with Gasteiger partial charge in [-0.15, -0.1) is 0 Å². The predicted octanol–water partition coefficient (Wildman–Crippen LogP) is 12.1. The Labute approximate surface area is 237 Å². The third kappa shape index (κ3) is 22.7. The molecule has 0 aliphatic carbocycles. The Balaban J connectivity index is 1.80. The Hall–Kier alpha value is -1.31. The van der Waals surface area contributed by atoms with Gasteiger partial charge < -0.3 is 5.11 Å². The molecule has 1 aromatic carbocycles. The second kappa shape index (κ2) is 27.3. The summed E-state index contributed by atoms with van der Waals surface area (Å²) in [6, 6.07) is 10.9. The third-order valence-electron chi connectivity index (χ3n) is 8.37. The quantitative estimate of drug-likeness (QED) is 0.105. The van der Waals surface area contributed by atoms with Crippen molar-refractivity contribution >= 4 is 5.97 Å². The van der Waals surface area contributed by atoms with Gasteiger partial charge in [-0.1, -0.05) is 185 Å². The fourth-order valence-corrected chi connectivity index (χ4v) is 5.76. The number of unbranched alkanes of at least 4 members (excludes halogenated alkanes) is 22. The number of aliphatic carboxylic acids is 1. The number of hydrogen-bond donors (Lipinski definition) is 1. The summed E-state index contributed by atoms with van der Waals surface area (Å²) in [7, 11) is 0. The second-order valence-corrected chi connectivity index (χ2v) is 12.0. The first-order valence-electron chi connectivity index (χ1n) is 17.0. The summed E-state index contributed by atoms with van der Waals surface area (Å²) in [5.74, 6) is -0.666. The molecule has 38 heavy (non-hydrogen) atoms. The number of carbonyl (C=O) groups is 1. The number of carboxylic acid groups (broad SMARTS) is 1. The van der Waals surface area contributed by atoms with E-state index >= 15 is 0 Å². The number of rotatable bonds is 29. The van der Waals surface area contributed by atoms with Crippen molar-refractivity contribution in [2.45, 2.75) is 180 Å². The zero-order valence-electron chi connectivity index (χ0n) is 25.4. The largest absolute Gasteiger partial charge is 0.481 e. The lowest BCUT2D eigenvalue weighted by molar-refractivity contribution is -0.142. The van der Waals surface area contributed by atoms with Gasteiger partial charge in [-0.3, -0.25) is 4.79 Å². The Morgan fingerprint density at radius 3 is 1.24 bits per heavy atom. The molecule has 0 bridgehead atoms. The fraction of sp³-hybridized carbons (Fsp3) is 0.806. The molecule has 0 heterocycles. The molecule has 220 valence electrons. The zero-order valence-corrected chi connectivity index (χ0v) is 25.4. The van der Waals surface area contributed by atoms with Gasteiger partial charge in [0.1, 0.15) is 0 Å². The van der Waals surface area contributed by atoms with E-state index in [1.165, 1.54) is 153 Å². The van der Waals surface area contributed by atoms with E-state index in [2.05, 4.69) is 37.3 Å². The monoisotopic (exact) mass is 528 g/mol. The molecule has 1 rings (SSSR count). The van der Waals surface area contributed by atoms with E-state index in [4.69, 9.17) is 0 Å². The lowest BCUT2D eigenvalue weighted by atomic mass is 9.94. The van der Waals surface area contributed by atoms with E-state index in [-0.39, 0.29) is 5.92 Å². The smallest absolute Gasteiger partial charge is 0.306 e. The van der Waals surface area contributed by atoms with Gasteiger partial charge in [-0.25, -0.2) is 0 Å². The van der Waals surface area contributed by atoms with Crippen LogP contribution in [0.4, 0.5) is 0 Å². The van der Waals surface area contributed by atoms with Crippen molar-refractivity contribution in [3.8, 4) is 0 Å². The molecule has 0 saturated heterocycles. The number of benzene rings is 1. The van der Waals surface area contributed by atoms with Crippen molar-refractivity contribution in [1.29, 1.82) is 0 Å². The number of carboxylic acids is 1. The first-order valence-corrected chi connectivity index (χ1v) is 17.0. The minimum absolute atomic E-state index is 0.104. The van der Waals surface area contributed by atoms with Crippen LogP contribution in [-0.2, 0) is 11.2 Å². The maximum Gasteiger partial charge on any atom is 0.306 e. The predicted molar refractivity (Wildman–Crippen MR) is 167 cm³/mol. The molecule has 2 nitrogen and oxygen atoms in total. The number of aryl methyl sites for hydroxylation is 1. The molecule has 0 aliphatic rings. The summed E-state index contributed by atoms with van der Waals surface area (Å²) < 4.78 is 0. The molecule has 0 aromatic heterocycles. The van der Waals surface area contributed by atoms with E-state index in [1.54, 1.807) is 0 Å². The van der Waals surface area contributed by atoms with E-state index in [9.17, 15) is 9.90 Å². The fourth-order valence-electron chi connectivity index (χ4n) is 5.76. The molecule has 0 fully saturated rings. The van der Waals surface area contributed by atoms with Gasteiger partial charge in [0, 0.05) is 0 Å². The number of hydrogen-bond acceptors (Lipinski definition) is 1. The van der Waals surface area contributed by atoms with Gasteiger partial charge in [0.2, 0.25) is 0 Å². The molecule has 0 saturated carbocycles. The van der Waals surface area contributed by atoms with Gasteiger partial charge in [0.05, 0.1) is 5.92 Å². The molecule has 0 amide bonds. The second-order valence-electron chi connectivity index (χ2n) is 12.0. The summed E-state index contributed by atoms with van der Waals surface area (Å²) in [5.41, 5.74) is 1.48. The van der Waals surface area contributed by atoms with E-state index in [0.29, 0.717) is 0 Å². The van der Waals surface area contributed by atoms with Crippen LogP contribution in [0, 0.1) is 5.92 Å². The van der Waals surface area contributed by atoms with Crippen LogP contribution in [0.2, 0.25) is 0 Å². The molecule has 0 spiro atoms. The zero-order chi connectivity index (χ0) is 27.4. The van der Waals surface area contributed by atoms with Crippen molar-refractivity contribution < 1.29 is 9.90 Å². The van der Waals surface area contributed by atoms with Crippen molar-refractivity contribution in [3.05, 3.63) is 35.9 Å². The lowest BCUT2D eigenvalue weighted by Gasteiger charge is -2.12. The van der Waals surface area contributed by atoms with Crippen molar-refractivity contribution in [3.63, 3.8) is 0 Å². The van der Waals surface area contributed by atoms with Gasteiger partial charge in [0.15, 0.2) is 0 Å². The van der Waals surface area contributed by atoms with E-state index in [1.807, 2.05) is 0 Å². The van der Waals surface area contributed by atoms with Gasteiger partial charge in [-0.05, 0) is 31.2 Å². The minimum Gasteiger partial charge on any atom is -0.481 e. The van der Waals surface area contributed by atoms with E-state index < -0.39 is 5.97 Å². The van der Waals surface area contributed by atoms with Gasteiger partial charge in [0.25, 0.3) is 0 Å². The van der Waals surface area contributed by atoms with Crippen LogP contribution in [0.15, 0.2) is 30.3 Å². The molecule has 2 heteroatoms. The van der Waals surface area contributed by atoms with E-state index in [0.717, 1.165) is 25.7 Å². The van der Waals surface area contributed by atoms with Gasteiger partial charge >= 0.3 is 5.97 Å². The first-order chi connectivity index (χ1) is 18.7. The van der Waals surface area contributed by atoms with Crippen LogP contribution in [0.25, 0.3) is 0 Å². The molecule has 1 N–H and O–H groups in total. The Kier molecular flexibility index (Phi) is 24.9. The molecule has 0 radical (unpaired) electrons. The standard InChI is InChI=1S/C36H64O2/c1-2-3-4-5-6-7-15-18-21-27-32-35(36(37)38)33-28-22-19-16-13-11-9-8-10-12-14-17-20-24-29-34-30-25-23-26-31-34/h23,25-26,30-31,35H,2-22,24,27-29,32-33H2,1H3,(H,37,38). The van der Waals surface area contributed by atoms with Crippen molar-refractivity contribution in [1.82, 2.24) is 0 Å².